The van der Waals surface area contributed by atoms with Gasteiger partial charge >= 0.3 is 6.03 Å². The van der Waals surface area contributed by atoms with Gasteiger partial charge in [-0.15, -0.1) is 0 Å². The van der Waals surface area contributed by atoms with Crippen molar-refractivity contribution in [2.24, 2.45) is 0 Å². The number of benzene rings is 1. The Morgan fingerprint density at radius 1 is 1.17 bits per heavy atom. The Balaban J connectivity index is 1.73. The van der Waals surface area contributed by atoms with Crippen LogP contribution in [0.3, 0.4) is 0 Å². The Bertz CT molecular complexity index is 527. The van der Waals surface area contributed by atoms with E-state index in [0.29, 0.717) is 12.6 Å². The maximum atomic E-state index is 12.2. The molecule has 1 fully saturated rings. The van der Waals surface area contributed by atoms with E-state index >= 15 is 0 Å². The van der Waals surface area contributed by atoms with E-state index in [1.807, 2.05) is 30.1 Å². The standard InChI is InChI=1S/C19H30N2O3/c1-21(16-9-5-4-6-10-16)19(22)20-13-7-8-15-11-12-17(23-2)18(14-15)24-3/h11-12,14,16H,4-10,13H2,1-3H3,(H,20,22). The van der Waals surface area contributed by atoms with Gasteiger partial charge < -0.3 is 19.7 Å². The van der Waals surface area contributed by atoms with Crippen LogP contribution in [0.5, 0.6) is 11.5 Å². The fourth-order valence-electron chi connectivity index (χ4n) is 3.28. The van der Waals surface area contributed by atoms with E-state index in [1.54, 1.807) is 14.2 Å². The monoisotopic (exact) mass is 334 g/mol. The first-order valence-electron chi connectivity index (χ1n) is 8.87. The molecule has 0 bridgehead atoms. The van der Waals surface area contributed by atoms with Gasteiger partial charge in [-0.05, 0) is 43.4 Å². The van der Waals surface area contributed by atoms with Crippen molar-refractivity contribution in [1.82, 2.24) is 10.2 Å². The average molecular weight is 334 g/mol. The molecule has 2 rings (SSSR count). The number of hydrogen-bond donors (Lipinski definition) is 1. The number of methoxy groups -OCH3 is 2. The maximum Gasteiger partial charge on any atom is 0.317 e. The topological polar surface area (TPSA) is 50.8 Å². The molecule has 1 aliphatic carbocycles. The minimum absolute atomic E-state index is 0.0502. The van der Waals surface area contributed by atoms with Gasteiger partial charge in [0.2, 0.25) is 0 Å². The van der Waals surface area contributed by atoms with Gasteiger partial charge in [-0.25, -0.2) is 4.79 Å². The lowest BCUT2D eigenvalue weighted by atomic mass is 9.95. The number of hydrogen-bond acceptors (Lipinski definition) is 3. The first-order valence-corrected chi connectivity index (χ1v) is 8.87. The summed E-state index contributed by atoms with van der Waals surface area (Å²) in [6, 6.07) is 6.41. The van der Waals surface area contributed by atoms with Crippen molar-refractivity contribution in [2.75, 3.05) is 27.8 Å². The van der Waals surface area contributed by atoms with E-state index in [1.165, 1.54) is 24.8 Å². The molecule has 1 N–H and O–H groups in total. The fraction of sp³-hybridized carbons (Fsp3) is 0.632. The highest BCUT2D eigenvalue weighted by Gasteiger charge is 2.21. The summed E-state index contributed by atoms with van der Waals surface area (Å²) >= 11 is 0. The highest BCUT2D eigenvalue weighted by atomic mass is 16.5. The van der Waals surface area contributed by atoms with Crippen LogP contribution in [0.15, 0.2) is 18.2 Å². The number of rotatable bonds is 7. The molecule has 134 valence electrons. The van der Waals surface area contributed by atoms with Gasteiger partial charge in [0.15, 0.2) is 11.5 Å². The maximum absolute atomic E-state index is 12.2. The third-order valence-corrected chi connectivity index (χ3v) is 4.81. The third kappa shape index (κ3) is 5.05. The number of amides is 2. The highest BCUT2D eigenvalue weighted by molar-refractivity contribution is 5.74. The summed E-state index contributed by atoms with van der Waals surface area (Å²) in [5.41, 5.74) is 1.18. The second-order valence-corrected chi connectivity index (χ2v) is 6.43. The van der Waals surface area contributed by atoms with Crippen molar-refractivity contribution in [2.45, 2.75) is 51.0 Å². The molecule has 0 atom stereocenters. The van der Waals surface area contributed by atoms with Gasteiger partial charge in [0.1, 0.15) is 0 Å². The largest absolute Gasteiger partial charge is 0.493 e. The lowest BCUT2D eigenvalue weighted by Crippen LogP contribution is -2.44. The first-order chi connectivity index (χ1) is 11.7. The molecule has 0 radical (unpaired) electrons. The average Bonchev–Trinajstić information content (AvgIpc) is 2.64. The lowest BCUT2D eigenvalue weighted by molar-refractivity contribution is 0.173. The van der Waals surface area contributed by atoms with E-state index in [2.05, 4.69) is 5.32 Å². The molecule has 0 saturated heterocycles. The van der Waals surface area contributed by atoms with Crippen LogP contribution in [-0.2, 0) is 6.42 Å². The number of ether oxygens (including phenoxy) is 2. The predicted molar refractivity (Wildman–Crippen MR) is 95.9 cm³/mol. The van der Waals surface area contributed by atoms with E-state index in [4.69, 9.17) is 9.47 Å². The molecule has 1 aromatic carbocycles. The Hall–Kier alpha value is -1.91. The third-order valence-electron chi connectivity index (χ3n) is 4.81. The summed E-state index contributed by atoms with van der Waals surface area (Å²) in [7, 11) is 5.19. The SMILES string of the molecule is COc1ccc(CCCNC(=O)N(C)C2CCCCC2)cc1OC. The second-order valence-electron chi connectivity index (χ2n) is 6.43. The molecule has 0 unspecified atom stereocenters. The molecular formula is C19H30N2O3. The van der Waals surface area contributed by atoms with Crippen LogP contribution in [0.1, 0.15) is 44.1 Å². The van der Waals surface area contributed by atoms with Gasteiger partial charge in [-0.2, -0.15) is 0 Å². The van der Waals surface area contributed by atoms with E-state index in [-0.39, 0.29) is 6.03 Å². The van der Waals surface area contributed by atoms with Crippen LogP contribution in [0, 0.1) is 0 Å². The van der Waals surface area contributed by atoms with E-state index in [0.717, 1.165) is 37.2 Å². The summed E-state index contributed by atoms with van der Waals surface area (Å²) < 4.78 is 10.6. The van der Waals surface area contributed by atoms with Crippen LogP contribution in [-0.4, -0.2) is 44.8 Å². The van der Waals surface area contributed by atoms with Crippen LogP contribution in [0.4, 0.5) is 4.79 Å². The smallest absolute Gasteiger partial charge is 0.317 e. The Labute approximate surface area is 145 Å². The van der Waals surface area contributed by atoms with E-state index < -0.39 is 0 Å². The summed E-state index contributed by atoms with van der Waals surface area (Å²) in [6.07, 6.45) is 7.85. The summed E-state index contributed by atoms with van der Waals surface area (Å²) in [4.78, 5) is 14.1. The molecule has 1 aromatic rings. The second kappa shape index (κ2) is 9.40. The molecular weight excluding hydrogens is 304 g/mol. The zero-order valence-electron chi connectivity index (χ0n) is 15.1. The number of nitrogens with one attached hydrogen (secondary N) is 1. The molecule has 0 spiro atoms. The zero-order valence-corrected chi connectivity index (χ0v) is 15.1. The summed E-state index contributed by atoms with van der Waals surface area (Å²) in [5, 5.41) is 3.03. The zero-order chi connectivity index (χ0) is 17.4. The molecule has 1 saturated carbocycles. The lowest BCUT2D eigenvalue weighted by Gasteiger charge is -2.31. The Morgan fingerprint density at radius 2 is 1.88 bits per heavy atom. The van der Waals surface area contributed by atoms with Crippen LogP contribution in [0.25, 0.3) is 0 Å². The molecule has 2 amide bonds. The molecule has 24 heavy (non-hydrogen) atoms. The van der Waals surface area contributed by atoms with Crippen molar-refractivity contribution < 1.29 is 14.3 Å². The van der Waals surface area contributed by atoms with Crippen molar-refractivity contribution in [1.29, 1.82) is 0 Å². The number of carbonyl (C=O) groups is 1. The van der Waals surface area contributed by atoms with Crippen LogP contribution < -0.4 is 14.8 Å². The minimum atomic E-state index is 0.0502. The molecule has 0 aromatic heterocycles. The van der Waals surface area contributed by atoms with Gasteiger partial charge in [-0.3, -0.25) is 0 Å². The van der Waals surface area contributed by atoms with Gasteiger partial charge in [0.05, 0.1) is 14.2 Å². The molecule has 5 nitrogen and oxygen atoms in total. The number of nitrogens with zero attached hydrogens (tertiary/aromatic N) is 1. The quantitative estimate of drug-likeness (QED) is 0.775. The predicted octanol–water partition coefficient (Wildman–Crippen LogP) is 3.61. The number of urea groups is 1. The van der Waals surface area contributed by atoms with Crippen molar-refractivity contribution in [3.05, 3.63) is 23.8 Å². The Kier molecular flexibility index (Phi) is 7.22. The number of aryl methyl sites for hydroxylation is 1. The van der Waals surface area contributed by atoms with Crippen molar-refractivity contribution in [3.8, 4) is 11.5 Å². The summed E-state index contributed by atoms with van der Waals surface area (Å²) in [6.45, 7) is 0.685. The molecule has 1 aliphatic rings. The molecule has 0 aliphatic heterocycles. The normalized spacial score (nSPS) is 15.0. The van der Waals surface area contributed by atoms with E-state index in [9.17, 15) is 4.79 Å². The molecule has 5 heteroatoms. The number of carbonyl (C=O) groups excluding carboxylic acids is 1. The Morgan fingerprint density at radius 3 is 2.54 bits per heavy atom. The van der Waals surface area contributed by atoms with Crippen LogP contribution >= 0.6 is 0 Å². The highest BCUT2D eigenvalue weighted by Crippen LogP contribution is 2.28. The van der Waals surface area contributed by atoms with Gasteiger partial charge in [0, 0.05) is 19.6 Å². The van der Waals surface area contributed by atoms with Crippen LogP contribution in [0.2, 0.25) is 0 Å². The summed E-state index contributed by atoms with van der Waals surface area (Å²) in [5.74, 6) is 1.49. The van der Waals surface area contributed by atoms with Gasteiger partial charge in [0.25, 0.3) is 0 Å². The van der Waals surface area contributed by atoms with Crippen molar-refractivity contribution >= 4 is 6.03 Å². The van der Waals surface area contributed by atoms with Gasteiger partial charge in [-0.1, -0.05) is 25.3 Å². The first kappa shape index (κ1) is 18.4. The minimum Gasteiger partial charge on any atom is -0.493 e. The fourth-order valence-corrected chi connectivity index (χ4v) is 3.28. The van der Waals surface area contributed by atoms with Crippen molar-refractivity contribution in [3.63, 3.8) is 0 Å². The molecule has 0 heterocycles.